The summed E-state index contributed by atoms with van der Waals surface area (Å²) in [5, 5.41) is 15.2. The van der Waals surface area contributed by atoms with Crippen LogP contribution in [0.3, 0.4) is 0 Å². The molecule has 20 heteroatoms. The molecule has 5 atom stereocenters. The summed E-state index contributed by atoms with van der Waals surface area (Å²) in [6, 6.07) is 103. The van der Waals surface area contributed by atoms with E-state index in [4.69, 9.17) is 57.3 Å². The predicted octanol–water partition coefficient (Wildman–Crippen LogP) is 14.1. The maximum Gasteiger partial charge on any atom is 0.223 e. The fraction of sp³-hybridized carbons (Fsp3) is 0.420. The van der Waals surface area contributed by atoms with Crippen LogP contribution in [0.1, 0.15) is 165 Å². The molecule has 0 saturated carbocycles. The highest BCUT2D eigenvalue weighted by Crippen LogP contribution is 2.24. The average molecular weight is 1800 g/mol. The fourth-order valence-corrected chi connectivity index (χ4v) is 15.6. The Kier molecular flexibility index (Phi) is 58.2. The smallest absolute Gasteiger partial charge is 0.223 e. The van der Waals surface area contributed by atoms with Crippen LogP contribution in [-0.2, 0) is 88.2 Å². The first-order valence-electron chi connectivity index (χ1n) is 48.5. The molecule has 0 aliphatic rings. The normalized spacial score (nSPS) is 12.1. The molecule has 0 aliphatic carbocycles. The highest BCUT2D eigenvalue weighted by atomic mass is 16.2. The maximum atomic E-state index is 12.8. The number of nitrogens with two attached hydrogens (primary N) is 10. The van der Waals surface area contributed by atoms with Gasteiger partial charge >= 0.3 is 0 Å². The Morgan fingerprint density at radius 3 is 0.530 bits per heavy atom. The molecule has 25 N–H and O–H groups in total. The SMILES string of the molecule is NCCC[C@@H](N)CNC(=O)C(CCc1ccccc1)CCc1ccccc1.NCCC[C@H](N)CNC(=O)C(CCc1ccccc1)CCc1ccccc1.NCC[C@H](N)CNC(=O)C(CCc1ccccc1)CCc1ccccc1.NC[C@@H](N)CCCNC(=O)C(CCc1ccccc1)CCc1ccccc1.NC[C@H](N)CNC(=O)C(CCc1ccccc1)CCc1ccccc1. The Bertz CT molecular complexity index is 4190. The second-order valence-corrected chi connectivity index (χ2v) is 34.9. The average Bonchev–Trinajstić information content (AvgIpc) is 0.908. The number of rotatable bonds is 57. The van der Waals surface area contributed by atoms with Crippen molar-refractivity contribution in [3.63, 3.8) is 0 Å². The lowest BCUT2D eigenvalue weighted by atomic mass is 9.92. The number of aryl methyl sites for hydroxylation is 10. The fourth-order valence-electron chi connectivity index (χ4n) is 15.6. The molecule has 0 fully saturated rings. The molecular weight excluding hydrogens is 1640 g/mol. The van der Waals surface area contributed by atoms with Crippen LogP contribution in [-0.4, -0.2) is 125 Å². The second-order valence-electron chi connectivity index (χ2n) is 34.9. The summed E-state index contributed by atoms with van der Waals surface area (Å²) >= 11 is 0. The minimum absolute atomic E-state index is 0.00730. The van der Waals surface area contributed by atoms with Gasteiger partial charge in [-0.3, -0.25) is 24.0 Å². The van der Waals surface area contributed by atoms with E-state index in [1.807, 2.05) is 158 Å². The summed E-state index contributed by atoms with van der Waals surface area (Å²) in [6.45, 7) is 5.31. The standard InChI is InChI=1S/3C23H33N3O.C22H31N3O.C21H29N3O/c24-18-22(25)12-7-17-26-23(27)21(15-13-19-8-3-1-4-9-19)16-14-20-10-5-2-6-11-20;2*24-17-7-12-22(25)18-26-23(27)21(15-13-19-8-3-1-4-9-19)16-14-20-10-5-2-6-11-20;23-16-15-21(24)17-25-22(26)20(13-11-18-7-3-1-4-8-18)14-12-19-9-5-2-6-10-19;22-15-20(23)16-24-21(25)19(13-11-17-7-3-1-4-8-17)14-12-18-9-5-2-6-10-18/h3*1-6,8-11,21-22H,7,12-18,24-25H2,(H,26,27);1-10,20-21H,11-17,23-24H2,(H,25,26);1-10,19-20H,11-16,22-23H2,(H,24,25)/t3*22-;21-;20-/m01000/s1. The molecule has 0 aliphatic heterocycles. The lowest BCUT2D eigenvalue weighted by Crippen LogP contribution is -2.43. The Hall–Kier alpha value is -10.9. The Morgan fingerprint density at radius 2 is 0.356 bits per heavy atom. The summed E-state index contributed by atoms with van der Waals surface area (Å²) in [5.74, 6) is 0.539. The minimum Gasteiger partial charge on any atom is -0.356 e. The van der Waals surface area contributed by atoms with Crippen LogP contribution in [0.2, 0.25) is 0 Å². The van der Waals surface area contributed by atoms with E-state index in [0.717, 1.165) is 173 Å². The Balaban J connectivity index is 0.000000254. The zero-order valence-electron chi connectivity index (χ0n) is 78.6. The van der Waals surface area contributed by atoms with Gasteiger partial charge in [-0.2, -0.15) is 0 Å². The van der Waals surface area contributed by atoms with Crippen LogP contribution in [0.4, 0.5) is 0 Å². The first-order chi connectivity index (χ1) is 64.4. The topological polar surface area (TPSA) is 406 Å². The minimum atomic E-state index is -0.187. The van der Waals surface area contributed by atoms with Crippen LogP contribution < -0.4 is 83.9 Å². The molecule has 10 aromatic rings. The van der Waals surface area contributed by atoms with Gasteiger partial charge in [0.1, 0.15) is 0 Å². The van der Waals surface area contributed by atoms with Gasteiger partial charge in [-0.15, -0.1) is 0 Å². The molecule has 0 unspecified atom stereocenters. The number of hydrogen-bond donors (Lipinski definition) is 15. The van der Waals surface area contributed by atoms with E-state index in [1.165, 1.54) is 55.6 Å². The van der Waals surface area contributed by atoms with Crippen LogP contribution in [0.5, 0.6) is 0 Å². The lowest BCUT2D eigenvalue weighted by Gasteiger charge is -2.19. The first-order valence-corrected chi connectivity index (χ1v) is 48.5. The third-order valence-electron chi connectivity index (χ3n) is 24.0. The van der Waals surface area contributed by atoms with E-state index in [-0.39, 0.29) is 89.3 Å². The van der Waals surface area contributed by atoms with Crippen molar-refractivity contribution in [3.8, 4) is 0 Å². The van der Waals surface area contributed by atoms with Gasteiger partial charge in [0.05, 0.1) is 0 Å². The lowest BCUT2D eigenvalue weighted by molar-refractivity contribution is -0.126. The van der Waals surface area contributed by atoms with Gasteiger partial charge in [-0.05, 0) is 249 Å². The number of hydrogen-bond acceptors (Lipinski definition) is 15. The van der Waals surface area contributed by atoms with E-state index >= 15 is 0 Å². The van der Waals surface area contributed by atoms with Crippen LogP contribution >= 0.6 is 0 Å². The summed E-state index contributed by atoms with van der Waals surface area (Å²) < 4.78 is 0. The molecule has 0 heterocycles. The van der Waals surface area contributed by atoms with Crippen molar-refractivity contribution in [2.24, 2.45) is 86.9 Å². The van der Waals surface area contributed by atoms with Crippen molar-refractivity contribution in [2.75, 3.05) is 65.4 Å². The monoisotopic (exact) mass is 1790 g/mol. The Labute approximate surface area is 790 Å². The summed E-state index contributed by atoms with van der Waals surface area (Å²) in [4.78, 5) is 63.6. The van der Waals surface area contributed by atoms with Crippen molar-refractivity contribution >= 4 is 29.5 Å². The van der Waals surface area contributed by atoms with Crippen LogP contribution in [0.25, 0.3) is 0 Å². The van der Waals surface area contributed by atoms with E-state index in [1.54, 1.807) is 0 Å². The number of benzene rings is 10. The van der Waals surface area contributed by atoms with Crippen LogP contribution in [0.15, 0.2) is 303 Å². The summed E-state index contributed by atoms with van der Waals surface area (Å²) in [6.07, 6.45) is 23.5. The highest BCUT2D eigenvalue weighted by molar-refractivity contribution is 5.80. The third-order valence-corrected chi connectivity index (χ3v) is 24.0. The van der Waals surface area contributed by atoms with E-state index in [0.29, 0.717) is 65.4 Å². The summed E-state index contributed by atoms with van der Waals surface area (Å²) in [7, 11) is 0. The van der Waals surface area contributed by atoms with Crippen molar-refractivity contribution in [2.45, 2.75) is 204 Å². The molecule has 5 amide bonds. The van der Waals surface area contributed by atoms with Crippen molar-refractivity contribution < 1.29 is 24.0 Å². The molecular formula is C112H159N15O5. The quantitative estimate of drug-likeness (QED) is 0.0158. The zero-order chi connectivity index (χ0) is 94.5. The van der Waals surface area contributed by atoms with E-state index < -0.39 is 0 Å². The van der Waals surface area contributed by atoms with Crippen molar-refractivity contribution in [3.05, 3.63) is 359 Å². The molecule has 0 radical (unpaired) electrons. The van der Waals surface area contributed by atoms with Crippen molar-refractivity contribution in [1.29, 1.82) is 0 Å². The Morgan fingerprint density at radius 1 is 0.189 bits per heavy atom. The number of carbonyl (C=O) groups is 5. The maximum absolute atomic E-state index is 12.8. The number of nitrogens with one attached hydrogen (secondary N) is 5. The molecule has 0 bridgehead atoms. The summed E-state index contributed by atoms with van der Waals surface area (Å²) in [5.41, 5.74) is 70.1. The molecule has 10 aromatic carbocycles. The van der Waals surface area contributed by atoms with Gasteiger partial charge in [-0.25, -0.2) is 0 Å². The molecule has 712 valence electrons. The van der Waals surface area contributed by atoms with Crippen molar-refractivity contribution in [1.82, 2.24) is 26.6 Å². The number of carbonyl (C=O) groups excluding carboxylic acids is 5. The molecule has 132 heavy (non-hydrogen) atoms. The van der Waals surface area contributed by atoms with Gasteiger partial charge < -0.3 is 83.9 Å². The second kappa shape index (κ2) is 70.0. The first kappa shape index (κ1) is 110. The van der Waals surface area contributed by atoms with Gasteiger partial charge in [0.2, 0.25) is 29.5 Å². The molecule has 10 rings (SSSR count). The molecule has 0 saturated heterocycles. The largest absolute Gasteiger partial charge is 0.356 e. The third kappa shape index (κ3) is 50.7. The number of amides is 5. The van der Waals surface area contributed by atoms with E-state index in [2.05, 4.69) is 172 Å². The molecule has 0 aromatic heterocycles. The molecule has 20 nitrogen and oxygen atoms in total. The van der Waals surface area contributed by atoms with Crippen LogP contribution in [0, 0.1) is 29.6 Å². The van der Waals surface area contributed by atoms with E-state index in [9.17, 15) is 24.0 Å². The highest BCUT2D eigenvalue weighted by Gasteiger charge is 2.25. The predicted molar refractivity (Wildman–Crippen MR) is 548 cm³/mol. The van der Waals surface area contributed by atoms with Gasteiger partial charge in [0.15, 0.2) is 0 Å². The van der Waals surface area contributed by atoms with Gasteiger partial charge in [0, 0.05) is 106 Å². The van der Waals surface area contributed by atoms with Gasteiger partial charge in [-0.1, -0.05) is 303 Å². The zero-order valence-corrected chi connectivity index (χ0v) is 78.6. The van der Waals surface area contributed by atoms with Gasteiger partial charge in [0.25, 0.3) is 0 Å². The molecule has 0 spiro atoms.